The van der Waals surface area contributed by atoms with Gasteiger partial charge in [-0.05, 0) is 75.8 Å². The summed E-state index contributed by atoms with van der Waals surface area (Å²) in [5.41, 5.74) is 7.30. The molecule has 1 aromatic carbocycles. The summed E-state index contributed by atoms with van der Waals surface area (Å²) in [4.78, 5) is 23.4. The molecule has 1 saturated carbocycles. The molecule has 8 nitrogen and oxygen atoms in total. The fourth-order valence-corrected chi connectivity index (χ4v) is 5.51. The Morgan fingerprint density at radius 2 is 2.00 bits per heavy atom. The van der Waals surface area contributed by atoms with Crippen LogP contribution < -0.4 is 16.0 Å². The molecule has 0 unspecified atom stereocenters. The zero-order chi connectivity index (χ0) is 24.6. The van der Waals surface area contributed by atoms with Crippen LogP contribution in [0.4, 0.5) is 26.4 Å². The summed E-state index contributed by atoms with van der Waals surface area (Å²) in [6.45, 7) is 7.70. The van der Waals surface area contributed by atoms with E-state index in [0.717, 1.165) is 25.9 Å². The molecule has 6 rings (SSSR count). The van der Waals surface area contributed by atoms with Crippen LogP contribution in [0.5, 0.6) is 0 Å². The molecule has 4 heterocycles. The quantitative estimate of drug-likeness (QED) is 0.612. The van der Waals surface area contributed by atoms with Gasteiger partial charge in [-0.3, -0.25) is 0 Å². The molecule has 184 valence electrons. The van der Waals surface area contributed by atoms with E-state index in [0.29, 0.717) is 39.6 Å². The lowest BCUT2D eigenvalue weighted by atomic mass is 9.77. The molecule has 4 aliphatic rings. The van der Waals surface area contributed by atoms with Gasteiger partial charge >= 0.3 is 6.09 Å². The number of fused-ring (bicyclic) bond motifs is 2. The monoisotopic (exact) mass is 534 g/mol. The fourth-order valence-electron chi connectivity index (χ4n) is 5.19. The number of pyridine rings is 1. The molecule has 0 radical (unpaired) electrons. The minimum Gasteiger partial charge on any atom is -0.444 e. The highest BCUT2D eigenvalue weighted by Gasteiger charge is 2.58. The molecule has 1 aromatic heterocycles. The zero-order valence-electron chi connectivity index (χ0n) is 20.3. The summed E-state index contributed by atoms with van der Waals surface area (Å²) in [5.74, 6) is 0.191. The molecular formula is C24H32BrFN6O2. The van der Waals surface area contributed by atoms with Gasteiger partial charge in [0, 0.05) is 37.1 Å². The van der Waals surface area contributed by atoms with Crippen LogP contribution >= 0.6 is 15.9 Å². The second-order valence-corrected chi connectivity index (χ2v) is 11.9. The van der Waals surface area contributed by atoms with Crippen molar-refractivity contribution < 1.29 is 13.9 Å². The number of hydrogen-bond donors (Lipinski definition) is 2. The van der Waals surface area contributed by atoms with E-state index in [1.54, 1.807) is 11.0 Å². The highest BCUT2D eigenvalue weighted by Crippen LogP contribution is 2.50. The van der Waals surface area contributed by atoms with Crippen LogP contribution in [0.1, 0.15) is 33.6 Å². The first-order valence-electron chi connectivity index (χ1n) is 11.6. The van der Waals surface area contributed by atoms with Crippen molar-refractivity contribution in [2.75, 3.05) is 49.7 Å². The lowest BCUT2D eigenvalue weighted by molar-refractivity contribution is 0.0246. The van der Waals surface area contributed by atoms with E-state index in [1.807, 2.05) is 40.9 Å². The number of nitrogen functional groups attached to an aromatic ring is 1. The number of halogens is 2. The first-order chi connectivity index (χ1) is 15.9. The maximum absolute atomic E-state index is 15.2. The van der Waals surface area contributed by atoms with Crippen LogP contribution in [0.15, 0.2) is 16.6 Å². The predicted molar refractivity (Wildman–Crippen MR) is 136 cm³/mol. The van der Waals surface area contributed by atoms with Crippen LogP contribution in [-0.2, 0) is 4.74 Å². The number of rotatable bonds is 4. The predicted octanol–water partition coefficient (Wildman–Crippen LogP) is 4.03. The molecule has 3 saturated heterocycles. The Balaban J connectivity index is 1.47. The van der Waals surface area contributed by atoms with Gasteiger partial charge < -0.3 is 30.5 Å². The zero-order valence-corrected chi connectivity index (χ0v) is 21.9. The van der Waals surface area contributed by atoms with Crippen LogP contribution in [0.2, 0.25) is 0 Å². The van der Waals surface area contributed by atoms with Gasteiger partial charge in [0.25, 0.3) is 0 Å². The van der Waals surface area contributed by atoms with Crippen LogP contribution in [0.3, 0.4) is 0 Å². The average Bonchev–Trinajstić information content (AvgIpc) is 3.21. The molecule has 0 atom stereocenters. The lowest BCUT2D eigenvalue weighted by Crippen LogP contribution is -2.58. The summed E-state index contributed by atoms with van der Waals surface area (Å²) in [7, 11) is 4.09. The van der Waals surface area contributed by atoms with Gasteiger partial charge in [-0.1, -0.05) is 0 Å². The fraction of sp³-hybridized carbons (Fsp3) is 0.583. The molecule has 2 bridgehead atoms. The highest BCUT2D eigenvalue weighted by atomic mass is 79.9. The molecule has 3 N–H and O–H groups in total. The van der Waals surface area contributed by atoms with Crippen molar-refractivity contribution in [3.63, 3.8) is 0 Å². The van der Waals surface area contributed by atoms with E-state index >= 15 is 4.39 Å². The third kappa shape index (κ3) is 3.84. The van der Waals surface area contributed by atoms with Crippen molar-refractivity contribution in [1.82, 2.24) is 14.8 Å². The van der Waals surface area contributed by atoms with Gasteiger partial charge in [0.15, 0.2) is 11.6 Å². The number of carbonyl (C=O) groups is 1. The number of nitrogens with one attached hydrogen (secondary N) is 1. The van der Waals surface area contributed by atoms with E-state index in [1.165, 1.54) is 0 Å². The number of nitrogens with two attached hydrogens (primary N) is 1. The highest BCUT2D eigenvalue weighted by molar-refractivity contribution is 9.10. The number of anilines is 3. The maximum atomic E-state index is 15.2. The second-order valence-electron chi connectivity index (χ2n) is 11.1. The largest absolute Gasteiger partial charge is 0.444 e. The van der Waals surface area contributed by atoms with E-state index in [4.69, 9.17) is 10.5 Å². The van der Waals surface area contributed by atoms with Gasteiger partial charge in [-0.2, -0.15) is 0 Å². The Bertz CT molecular complexity index is 1150. The first kappa shape index (κ1) is 23.4. The summed E-state index contributed by atoms with van der Waals surface area (Å²) in [6.07, 6.45) is 1.31. The Hall–Kier alpha value is -2.33. The van der Waals surface area contributed by atoms with Crippen LogP contribution in [-0.4, -0.2) is 77.8 Å². The molecule has 2 aromatic rings. The summed E-state index contributed by atoms with van der Waals surface area (Å²) in [6, 6.07) is 4.06. The molecule has 0 spiro atoms. The summed E-state index contributed by atoms with van der Waals surface area (Å²) < 4.78 is 21.1. The van der Waals surface area contributed by atoms with E-state index in [9.17, 15) is 4.79 Å². The molecule has 34 heavy (non-hydrogen) atoms. The number of benzene rings is 1. The second kappa shape index (κ2) is 7.84. The smallest absolute Gasteiger partial charge is 0.410 e. The van der Waals surface area contributed by atoms with Gasteiger partial charge in [0.05, 0.1) is 21.4 Å². The third-order valence-corrected chi connectivity index (χ3v) is 7.76. The van der Waals surface area contributed by atoms with Gasteiger partial charge in [-0.25, -0.2) is 14.2 Å². The maximum Gasteiger partial charge on any atom is 0.410 e. The van der Waals surface area contributed by atoms with Crippen molar-refractivity contribution >= 4 is 50.1 Å². The Morgan fingerprint density at radius 3 is 2.62 bits per heavy atom. The SMILES string of the molecule is CN(C)C1CN(c2nc3c(F)c(Br)ccc3c(NC34CC(C3)N(C(=O)OC(C)(C)C)C4)c2N)C1. The van der Waals surface area contributed by atoms with Gasteiger partial charge in [0.2, 0.25) is 0 Å². The summed E-state index contributed by atoms with van der Waals surface area (Å²) >= 11 is 3.29. The number of aromatic nitrogens is 1. The molecule has 3 aliphatic heterocycles. The first-order valence-corrected chi connectivity index (χ1v) is 12.4. The number of amides is 1. The number of ether oxygens (including phenoxy) is 1. The van der Waals surface area contributed by atoms with Crippen LogP contribution in [0.25, 0.3) is 10.9 Å². The average molecular weight is 535 g/mol. The van der Waals surface area contributed by atoms with Crippen molar-refractivity contribution in [1.29, 1.82) is 0 Å². The minimum atomic E-state index is -0.544. The normalized spacial score (nSPS) is 24.4. The van der Waals surface area contributed by atoms with E-state index in [2.05, 4.69) is 36.0 Å². The van der Waals surface area contributed by atoms with Crippen molar-refractivity contribution in [3.8, 4) is 0 Å². The summed E-state index contributed by atoms with van der Waals surface area (Å²) in [5, 5.41) is 4.27. The standard InChI is InChI=1S/C24H32BrFN6O2/c1-23(2,3)34-22(33)32-12-24(8-13(32)9-24)29-20-15-6-7-16(25)17(26)19(15)28-21(18(20)27)31-10-14(11-31)30(4)5/h6-7,13-14H,8-12,27H2,1-5H3,(H,28,29). The van der Waals surface area contributed by atoms with E-state index in [-0.39, 0.29) is 23.2 Å². The minimum absolute atomic E-state index is 0.137. The molecular weight excluding hydrogens is 503 g/mol. The van der Waals surface area contributed by atoms with Gasteiger partial charge in [-0.15, -0.1) is 0 Å². The van der Waals surface area contributed by atoms with Crippen molar-refractivity contribution in [2.45, 2.75) is 56.8 Å². The lowest BCUT2D eigenvalue weighted by Gasteiger charge is -2.44. The molecule has 1 amide bonds. The number of nitrogens with zero attached hydrogens (tertiary/aromatic N) is 4. The Labute approximate surface area is 207 Å². The Morgan fingerprint density at radius 1 is 1.32 bits per heavy atom. The Kier molecular flexibility index (Phi) is 5.40. The number of likely N-dealkylation sites (N-methyl/N-ethyl adjacent to an activating group) is 1. The van der Waals surface area contributed by atoms with Crippen molar-refractivity contribution in [2.24, 2.45) is 0 Å². The van der Waals surface area contributed by atoms with E-state index < -0.39 is 11.4 Å². The third-order valence-electron chi connectivity index (χ3n) is 7.14. The molecule has 1 aliphatic carbocycles. The van der Waals surface area contributed by atoms with Crippen LogP contribution in [0, 0.1) is 5.82 Å². The molecule has 10 heteroatoms. The van der Waals surface area contributed by atoms with Gasteiger partial charge in [0.1, 0.15) is 11.1 Å². The topological polar surface area (TPSA) is 87.0 Å². The molecule has 4 fully saturated rings. The van der Waals surface area contributed by atoms with Crippen molar-refractivity contribution in [3.05, 3.63) is 22.4 Å². The number of carbonyl (C=O) groups excluding carboxylic acids is 1. The number of hydrogen-bond acceptors (Lipinski definition) is 7.